The van der Waals surface area contributed by atoms with Gasteiger partial charge in [-0.1, -0.05) is 39.0 Å². The molecular formula is C34H46N4O6S2. The second-order valence-electron chi connectivity index (χ2n) is 13.4. The van der Waals surface area contributed by atoms with Gasteiger partial charge in [0.25, 0.3) is 6.23 Å². The fraction of sp³-hybridized carbons (Fsp3) is 0.588. The van der Waals surface area contributed by atoms with Gasteiger partial charge in [-0.15, -0.1) is 0 Å². The van der Waals surface area contributed by atoms with Crippen LogP contribution in [0.1, 0.15) is 67.7 Å². The van der Waals surface area contributed by atoms with Gasteiger partial charge in [0, 0.05) is 48.4 Å². The van der Waals surface area contributed by atoms with E-state index in [4.69, 9.17) is 18.6 Å². The molecular weight excluding hydrogens is 625 g/mol. The molecule has 3 heterocycles. The van der Waals surface area contributed by atoms with Gasteiger partial charge in [-0.2, -0.15) is 17.0 Å². The molecule has 1 amide bonds. The molecule has 46 heavy (non-hydrogen) atoms. The second-order valence-corrected chi connectivity index (χ2v) is 15.0. The second kappa shape index (κ2) is 14.8. The Labute approximate surface area is 281 Å². The van der Waals surface area contributed by atoms with Crippen LogP contribution in [0.25, 0.3) is 6.08 Å². The summed E-state index contributed by atoms with van der Waals surface area (Å²) >= 11 is 6.14. The number of thiol groups is 1. The monoisotopic (exact) mass is 670 g/mol. The van der Waals surface area contributed by atoms with E-state index >= 15 is 0 Å². The number of nitrogens with zero attached hydrogens (tertiary/aromatic N) is 4. The number of piperazine rings is 1. The summed E-state index contributed by atoms with van der Waals surface area (Å²) in [6.07, 6.45) is 5.68. The molecule has 5 rings (SSSR count). The van der Waals surface area contributed by atoms with E-state index in [-0.39, 0.29) is 36.2 Å². The van der Waals surface area contributed by atoms with Crippen molar-refractivity contribution < 1.29 is 28.6 Å². The number of carbonyl (C=O) groups excluding carboxylic acids is 3. The number of benzene rings is 1. The van der Waals surface area contributed by atoms with Crippen molar-refractivity contribution in [2.75, 3.05) is 55.7 Å². The minimum Gasteiger partial charge on any atom is -0.462 e. The van der Waals surface area contributed by atoms with Crippen LogP contribution in [0.3, 0.4) is 0 Å². The molecule has 0 radical (unpaired) electrons. The van der Waals surface area contributed by atoms with Crippen LogP contribution in [-0.2, 0) is 43.1 Å². The van der Waals surface area contributed by atoms with Gasteiger partial charge in [-0.05, 0) is 79.2 Å². The molecule has 2 aromatic rings. The molecule has 0 spiro atoms. The fourth-order valence-electron chi connectivity index (χ4n) is 6.31. The highest BCUT2D eigenvalue weighted by Gasteiger charge is 2.41. The highest BCUT2D eigenvalue weighted by atomic mass is 32.1. The molecule has 1 aliphatic carbocycles. The molecule has 1 fully saturated rings. The third-order valence-electron chi connectivity index (χ3n) is 8.55. The maximum atomic E-state index is 13.3. The molecule has 2 atom stereocenters. The maximum absolute atomic E-state index is 13.3. The highest BCUT2D eigenvalue weighted by molar-refractivity contribution is 7.81. The lowest BCUT2D eigenvalue weighted by Gasteiger charge is -2.35. The van der Waals surface area contributed by atoms with Crippen molar-refractivity contribution in [3.05, 3.63) is 45.3 Å². The largest absolute Gasteiger partial charge is 0.510 e. The number of carbonyl (C=O) groups is 3. The normalized spacial score (nSPS) is 17.8. The van der Waals surface area contributed by atoms with Crippen molar-refractivity contribution in [1.82, 2.24) is 9.27 Å². The van der Waals surface area contributed by atoms with Crippen LogP contribution >= 0.6 is 24.2 Å². The Kier molecular flexibility index (Phi) is 11.0. The smallest absolute Gasteiger partial charge is 0.462 e. The molecule has 0 saturated carbocycles. The first kappa shape index (κ1) is 34.3. The van der Waals surface area contributed by atoms with Crippen molar-refractivity contribution in [2.45, 2.75) is 78.2 Å². The molecule has 0 N–H and O–H groups in total. The van der Waals surface area contributed by atoms with E-state index in [9.17, 15) is 14.4 Å². The van der Waals surface area contributed by atoms with E-state index in [0.29, 0.717) is 12.1 Å². The first-order valence-corrected chi connectivity index (χ1v) is 17.5. The van der Waals surface area contributed by atoms with Crippen LogP contribution in [0.2, 0.25) is 0 Å². The number of aryl methyl sites for hydroxylation is 2. The lowest BCUT2D eigenvalue weighted by Crippen LogP contribution is -2.47. The minimum atomic E-state index is -1.58. The predicted octanol–water partition coefficient (Wildman–Crippen LogP) is 5.44. The Morgan fingerprint density at radius 1 is 1.13 bits per heavy atom. The van der Waals surface area contributed by atoms with Crippen LogP contribution in [0.5, 0.6) is 0 Å². The number of ether oxygens (including phenoxy) is 3. The number of anilines is 2. The van der Waals surface area contributed by atoms with Gasteiger partial charge in [0.1, 0.15) is 12.4 Å². The zero-order valence-corrected chi connectivity index (χ0v) is 29.3. The van der Waals surface area contributed by atoms with E-state index in [1.807, 2.05) is 19.1 Å². The first-order chi connectivity index (χ1) is 21.9. The molecule has 0 bridgehead atoms. The Bertz CT molecular complexity index is 1460. The predicted molar refractivity (Wildman–Crippen MR) is 184 cm³/mol. The van der Waals surface area contributed by atoms with E-state index in [2.05, 4.69) is 55.4 Å². The zero-order valence-electron chi connectivity index (χ0n) is 27.5. The van der Waals surface area contributed by atoms with Gasteiger partial charge in [0.2, 0.25) is 5.91 Å². The summed E-state index contributed by atoms with van der Waals surface area (Å²) in [5.74, 6) is -0.0377. The van der Waals surface area contributed by atoms with Crippen molar-refractivity contribution in [1.29, 1.82) is 0 Å². The molecule has 250 valence electrons. The van der Waals surface area contributed by atoms with E-state index in [0.717, 1.165) is 74.5 Å². The van der Waals surface area contributed by atoms with Crippen LogP contribution in [0.4, 0.5) is 16.3 Å². The van der Waals surface area contributed by atoms with E-state index in [1.54, 1.807) is 18.5 Å². The Hall–Kier alpha value is -3.09. The standard InChI is InChI=1S/C34H46N4O6S2/c1-6-42-32(40)31(44-33(41)43-21-25(45)20-34(3,4)5)38-27-17-22(2)23(18-24(27)19-29(38)39)11-12-36-13-15-37(16-14-36)30-26-9-7-8-10-28(26)46-35-30/h7,9,17-18,25,31,45H,6,8,10-16,19-21H2,1-5H3. The average molecular weight is 671 g/mol. The maximum Gasteiger partial charge on any atom is 0.510 e. The van der Waals surface area contributed by atoms with Crippen LogP contribution in [-0.4, -0.2) is 84.7 Å². The van der Waals surface area contributed by atoms with Crippen molar-refractivity contribution in [3.63, 3.8) is 0 Å². The zero-order chi connectivity index (χ0) is 33.0. The molecule has 2 aliphatic heterocycles. The highest BCUT2D eigenvalue weighted by Crippen LogP contribution is 2.35. The topological polar surface area (TPSA) is 102 Å². The number of aromatic nitrogens is 1. The molecule has 1 aromatic carbocycles. The summed E-state index contributed by atoms with van der Waals surface area (Å²) in [7, 11) is 0. The lowest BCUT2D eigenvalue weighted by molar-refractivity contribution is -0.155. The van der Waals surface area contributed by atoms with Crippen LogP contribution in [0, 0.1) is 12.3 Å². The van der Waals surface area contributed by atoms with Crippen LogP contribution in [0.15, 0.2) is 18.2 Å². The molecule has 12 heteroatoms. The van der Waals surface area contributed by atoms with E-state index in [1.165, 1.54) is 15.3 Å². The quantitative estimate of drug-likeness (QED) is 0.247. The Morgan fingerprint density at radius 3 is 2.61 bits per heavy atom. The SMILES string of the molecule is CCOC(=O)C(OC(=O)OCC(S)CC(C)(C)C)N1C(=O)Cc2cc(CCN3CCN(c4nsc5c4C=CCC5)CC3)c(C)cc21. The summed E-state index contributed by atoms with van der Waals surface area (Å²) in [5.41, 5.74) is 4.81. The third-order valence-corrected chi connectivity index (χ3v) is 9.79. The van der Waals surface area contributed by atoms with Crippen molar-refractivity contribution in [2.24, 2.45) is 5.41 Å². The lowest BCUT2D eigenvalue weighted by atomic mass is 9.90. The molecule has 3 aliphatic rings. The van der Waals surface area contributed by atoms with E-state index < -0.39 is 18.4 Å². The molecule has 10 nitrogen and oxygen atoms in total. The van der Waals surface area contributed by atoms with Crippen molar-refractivity contribution >= 4 is 59.8 Å². The third kappa shape index (κ3) is 8.24. The number of rotatable bonds is 11. The number of hydrogen-bond acceptors (Lipinski definition) is 11. The van der Waals surface area contributed by atoms with Crippen molar-refractivity contribution in [3.8, 4) is 0 Å². The summed E-state index contributed by atoms with van der Waals surface area (Å²) in [6, 6.07) is 3.95. The van der Waals surface area contributed by atoms with Gasteiger partial charge in [0.15, 0.2) is 0 Å². The van der Waals surface area contributed by atoms with Gasteiger partial charge in [-0.25, -0.2) is 9.59 Å². The minimum absolute atomic E-state index is 0.00390. The molecule has 1 saturated heterocycles. The fourth-order valence-corrected chi connectivity index (χ4v) is 7.81. The Morgan fingerprint density at radius 2 is 1.89 bits per heavy atom. The van der Waals surface area contributed by atoms with Crippen LogP contribution < -0.4 is 9.80 Å². The number of allylic oxidation sites excluding steroid dienone is 1. The number of fused-ring (bicyclic) bond motifs is 2. The summed E-state index contributed by atoms with van der Waals surface area (Å²) in [5, 5.41) is -0.201. The summed E-state index contributed by atoms with van der Waals surface area (Å²) < 4.78 is 20.7. The number of amides is 1. The molecule has 2 unspecified atom stereocenters. The Balaban J connectivity index is 1.20. The average Bonchev–Trinajstić information content (AvgIpc) is 3.57. The number of hydrogen-bond donors (Lipinski definition) is 1. The number of esters is 1. The van der Waals surface area contributed by atoms with Gasteiger partial charge >= 0.3 is 12.1 Å². The van der Waals surface area contributed by atoms with Gasteiger partial charge in [-0.3, -0.25) is 14.6 Å². The first-order valence-electron chi connectivity index (χ1n) is 16.2. The summed E-state index contributed by atoms with van der Waals surface area (Å²) in [4.78, 5) is 46.4. The molecule has 1 aromatic heterocycles. The van der Waals surface area contributed by atoms with Gasteiger partial charge < -0.3 is 19.1 Å². The van der Waals surface area contributed by atoms with Gasteiger partial charge in [0.05, 0.1) is 18.7 Å². The summed E-state index contributed by atoms with van der Waals surface area (Å²) in [6.45, 7) is 14.7.